The number of rotatable bonds is 4. The summed E-state index contributed by atoms with van der Waals surface area (Å²) in [6, 6.07) is 0.0663. The van der Waals surface area contributed by atoms with Crippen molar-refractivity contribution in [2.75, 3.05) is 27.4 Å². The van der Waals surface area contributed by atoms with Crippen LogP contribution in [0.15, 0.2) is 15.5 Å². The van der Waals surface area contributed by atoms with Crippen LogP contribution in [-0.4, -0.2) is 43.7 Å². The molecule has 3 aliphatic rings. The molecule has 2 fully saturated rings. The Hall–Kier alpha value is -0.930. The van der Waals surface area contributed by atoms with E-state index >= 15 is 0 Å². The van der Waals surface area contributed by atoms with E-state index in [4.69, 9.17) is 24.0 Å². The molecule has 4 unspecified atom stereocenters. The number of aromatic nitrogens is 1. The average Bonchev–Trinajstić information content (AvgIpc) is 2.57. The summed E-state index contributed by atoms with van der Waals surface area (Å²) in [5.41, 5.74) is -0.107. The molecule has 132 valence electrons. The van der Waals surface area contributed by atoms with Crippen molar-refractivity contribution in [1.29, 1.82) is 0 Å². The summed E-state index contributed by atoms with van der Waals surface area (Å²) < 4.78 is 19.3. The van der Waals surface area contributed by atoms with Crippen LogP contribution in [0.25, 0.3) is 0 Å². The van der Waals surface area contributed by atoms with Crippen molar-refractivity contribution in [3.63, 3.8) is 0 Å². The number of pyridine rings is 1. The minimum atomic E-state index is -0.644. The van der Waals surface area contributed by atoms with Crippen molar-refractivity contribution < 1.29 is 24.0 Å². The second-order valence-electron chi connectivity index (χ2n) is 6.39. The van der Waals surface area contributed by atoms with Gasteiger partial charge in [0.15, 0.2) is 17.5 Å². The topological polar surface area (TPSA) is 68.2 Å². The molecule has 8 heteroatoms. The highest BCUT2D eigenvalue weighted by molar-refractivity contribution is 9.10. The van der Waals surface area contributed by atoms with Crippen molar-refractivity contribution in [3.05, 3.63) is 26.6 Å². The summed E-state index contributed by atoms with van der Waals surface area (Å²) >= 11 is 3.34. The Labute approximate surface area is 147 Å². The molecule has 0 aliphatic carbocycles. The molecule has 1 aromatic rings. The Kier molecular flexibility index (Phi) is 4.20. The van der Waals surface area contributed by atoms with E-state index < -0.39 is 11.7 Å². The van der Waals surface area contributed by atoms with Crippen molar-refractivity contribution >= 4 is 15.9 Å². The lowest BCUT2D eigenvalue weighted by Gasteiger charge is -2.58. The molecule has 7 nitrogen and oxygen atoms in total. The van der Waals surface area contributed by atoms with Crippen LogP contribution in [0, 0.1) is 0 Å². The van der Waals surface area contributed by atoms with Crippen LogP contribution in [-0.2, 0) is 19.2 Å². The molecule has 0 radical (unpaired) electrons. The van der Waals surface area contributed by atoms with Gasteiger partial charge in [-0.05, 0) is 28.8 Å². The summed E-state index contributed by atoms with van der Waals surface area (Å²) in [7, 11) is 3.16. The van der Waals surface area contributed by atoms with E-state index in [1.54, 1.807) is 7.11 Å². The molecule has 0 spiro atoms. The van der Waals surface area contributed by atoms with Gasteiger partial charge in [0.2, 0.25) is 5.43 Å². The Balaban J connectivity index is 1.90. The lowest BCUT2D eigenvalue weighted by molar-refractivity contribution is -0.542. The van der Waals surface area contributed by atoms with Crippen LogP contribution in [0.3, 0.4) is 0 Å². The standard InChI is InChI=1S/C16H20BrNO6/c1-20-7-5-16-14-10(4-3-6-22-14)18-8-9(17)12(19)13(21-2)11(18)15(16)23-24-16/h8,10,14-15H,3-7H2,1-2H3. The molecule has 0 amide bonds. The normalized spacial score (nSPS) is 33.9. The highest BCUT2D eigenvalue weighted by atomic mass is 79.9. The first-order valence-electron chi connectivity index (χ1n) is 8.07. The quantitative estimate of drug-likeness (QED) is 0.719. The zero-order valence-electron chi connectivity index (χ0n) is 13.6. The summed E-state index contributed by atoms with van der Waals surface area (Å²) in [5.74, 6) is 0.295. The molecule has 0 aromatic carbocycles. The number of ether oxygens (including phenoxy) is 3. The lowest BCUT2D eigenvalue weighted by atomic mass is 9.74. The molecule has 2 saturated heterocycles. The molecule has 4 atom stereocenters. The molecule has 24 heavy (non-hydrogen) atoms. The van der Waals surface area contributed by atoms with E-state index in [1.807, 2.05) is 6.20 Å². The van der Waals surface area contributed by atoms with Crippen LogP contribution in [0.5, 0.6) is 5.75 Å². The van der Waals surface area contributed by atoms with E-state index in [-0.39, 0.29) is 17.6 Å². The maximum absolute atomic E-state index is 12.5. The van der Waals surface area contributed by atoms with E-state index in [2.05, 4.69) is 20.5 Å². The van der Waals surface area contributed by atoms with Gasteiger partial charge in [-0.25, -0.2) is 9.78 Å². The molecule has 0 bridgehead atoms. The molecular formula is C16H20BrNO6. The predicted molar refractivity (Wildman–Crippen MR) is 87.1 cm³/mol. The summed E-state index contributed by atoms with van der Waals surface area (Å²) in [4.78, 5) is 23.6. The number of nitrogens with zero attached hydrogens (tertiary/aromatic N) is 1. The maximum Gasteiger partial charge on any atom is 0.237 e. The Morgan fingerprint density at radius 1 is 1.46 bits per heavy atom. The fourth-order valence-electron chi connectivity index (χ4n) is 4.11. The molecule has 0 N–H and O–H groups in total. The van der Waals surface area contributed by atoms with Gasteiger partial charge < -0.3 is 18.8 Å². The van der Waals surface area contributed by atoms with Crippen molar-refractivity contribution in [3.8, 4) is 5.75 Å². The van der Waals surface area contributed by atoms with Gasteiger partial charge in [-0.3, -0.25) is 4.79 Å². The summed E-state index contributed by atoms with van der Waals surface area (Å²) in [6.07, 6.45) is 3.78. The highest BCUT2D eigenvalue weighted by Gasteiger charge is 2.65. The maximum atomic E-state index is 12.5. The first-order chi connectivity index (χ1) is 11.6. The Morgan fingerprint density at radius 2 is 2.29 bits per heavy atom. The number of hydrogen-bond donors (Lipinski definition) is 0. The largest absolute Gasteiger partial charge is 0.491 e. The fraction of sp³-hybridized carbons (Fsp3) is 0.688. The van der Waals surface area contributed by atoms with Crippen LogP contribution in [0.2, 0.25) is 0 Å². The lowest BCUT2D eigenvalue weighted by Crippen LogP contribution is -2.66. The molecule has 3 aliphatic heterocycles. The van der Waals surface area contributed by atoms with Gasteiger partial charge in [0, 0.05) is 32.9 Å². The number of methoxy groups -OCH3 is 2. The second kappa shape index (κ2) is 6.10. The van der Waals surface area contributed by atoms with Crippen molar-refractivity contribution in [1.82, 2.24) is 4.57 Å². The van der Waals surface area contributed by atoms with Crippen LogP contribution in [0.1, 0.15) is 37.1 Å². The third kappa shape index (κ3) is 2.13. The number of hydrogen-bond acceptors (Lipinski definition) is 6. The van der Waals surface area contributed by atoms with Gasteiger partial charge in [0.25, 0.3) is 0 Å². The van der Waals surface area contributed by atoms with Gasteiger partial charge in [-0.15, -0.1) is 0 Å². The third-order valence-corrected chi connectivity index (χ3v) is 5.77. The third-order valence-electron chi connectivity index (χ3n) is 5.21. The van der Waals surface area contributed by atoms with E-state index in [0.717, 1.165) is 18.5 Å². The van der Waals surface area contributed by atoms with Crippen LogP contribution in [0.4, 0.5) is 0 Å². The minimum Gasteiger partial charge on any atom is -0.491 e. The van der Waals surface area contributed by atoms with E-state index in [0.29, 0.717) is 29.9 Å². The van der Waals surface area contributed by atoms with Gasteiger partial charge in [-0.2, -0.15) is 0 Å². The van der Waals surface area contributed by atoms with E-state index in [9.17, 15) is 4.79 Å². The zero-order valence-corrected chi connectivity index (χ0v) is 15.2. The molecule has 4 rings (SSSR count). The van der Waals surface area contributed by atoms with Crippen molar-refractivity contribution in [2.45, 2.75) is 43.1 Å². The average molecular weight is 402 g/mol. The zero-order chi connectivity index (χ0) is 16.9. The molecule has 1 aromatic heterocycles. The van der Waals surface area contributed by atoms with E-state index in [1.165, 1.54) is 7.11 Å². The number of fused-ring (bicyclic) bond motifs is 6. The predicted octanol–water partition coefficient (Wildman–Crippen LogP) is 2.13. The Morgan fingerprint density at radius 3 is 2.96 bits per heavy atom. The first-order valence-corrected chi connectivity index (χ1v) is 8.87. The van der Waals surface area contributed by atoms with Crippen LogP contribution < -0.4 is 10.2 Å². The fourth-order valence-corrected chi connectivity index (χ4v) is 4.51. The second-order valence-corrected chi connectivity index (χ2v) is 7.24. The summed E-state index contributed by atoms with van der Waals surface area (Å²) in [6.45, 7) is 1.22. The molecule has 4 heterocycles. The number of halogens is 1. The van der Waals surface area contributed by atoms with Crippen molar-refractivity contribution in [2.24, 2.45) is 0 Å². The first kappa shape index (κ1) is 16.5. The molecular weight excluding hydrogens is 382 g/mol. The SMILES string of the molecule is COCCC12OOC1c1c(OC)c(=O)c(Br)cn1C1CCCOC12. The van der Waals surface area contributed by atoms with Gasteiger partial charge in [-0.1, -0.05) is 0 Å². The highest BCUT2D eigenvalue weighted by Crippen LogP contribution is 2.57. The van der Waals surface area contributed by atoms with Gasteiger partial charge >= 0.3 is 0 Å². The Bertz CT molecular complexity index is 707. The minimum absolute atomic E-state index is 0.0663. The van der Waals surface area contributed by atoms with Gasteiger partial charge in [0.1, 0.15) is 11.8 Å². The smallest absolute Gasteiger partial charge is 0.237 e. The van der Waals surface area contributed by atoms with Gasteiger partial charge in [0.05, 0.1) is 17.6 Å². The van der Waals surface area contributed by atoms with Crippen LogP contribution >= 0.6 is 15.9 Å². The summed E-state index contributed by atoms with van der Waals surface area (Å²) in [5, 5.41) is 0. The molecule has 0 saturated carbocycles. The monoisotopic (exact) mass is 401 g/mol.